The summed E-state index contributed by atoms with van der Waals surface area (Å²) in [5.41, 5.74) is 0.466. The minimum atomic E-state index is -3.78. The van der Waals surface area contributed by atoms with Gasteiger partial charge in [-0.15, -0.1) is 0 Å². The lowest BCUT2D eigenvalue weighted by Gasteiger charge is -2.15. The van der Waals surface area contributed by atoms with Gasteiger partial charge in [0.05, 0.1) is 25.2 Å². The zero-order chi connectivity index (χ0) is 18.4. The highest BCUT2D eigenvalue weighted by Crippen LogP contribution is 2.29. The normalized spacial score (nSPS) is 12.3. The van der Waals surface area contributed by atoms with E-state index in [0.717, 1.165) is 0 Å². The number of hydrogen-bond donors (Lipinski definition) is 2. The second kappa shape index (κ2) is 8.00. The first-order valence-corrected chi connectivity index (χ1v) is 8.96. The molecule has 0 fully saturated rings. The van der Waals surface area contributed by atoms with Gasteiger partial charge in [0, 0.05) is 11.8 Å². The number of amides is 1. The average Bonchev–Trinajstić information content (AvgIpc) is 2.61. The zero-order valence-corrected chi connectivity index (χ0v) is 15.0. The van der Waals surface area contributed by atoms with Crippen LogP contribution in [-0.2, 0) is 14.8 Å². The third-order valence-corrected chi connectivity index (χ3v) is 4.99. The monoisotopic (exact) mass is 364 g/mol. The van der Waals surface area contributed by atoms with Crippen LogP contribution in [0.2, 0.25) is 0 Å². The van der Waals surface area contributed by atoms with Crippen LogP contribution in [0.3, 0.4) is 0 Å². The van der Waals surface area contributed by atoms with Crippen LogP contribution < -0.4 is 19.5 Å². The van der Waals surface area contributed by atoms with Crippen LogP contribution >= 0.6 is 0 Å². The smallest absolute Gasteiger partial charge is 0.242 e. The Morgan fingerprint density at radius 2 is 1.64 bits per heavy atom. The van der Waals surface area contributed by atoms with Gasteiger partial charge < -0.3 is 14.8 Å². The van der Waals surface area contributed by atoms with Crippen LogP contribution in [0.5, 0.6) is 11.5 Å². The molecule has 0 aliphatic carbocycles. The lowest BCUT2D eigenvalue weighted by Crippen LogP contribution is -2.41. The molecule has 1 amide bonds. The van der Waals surface area contributed by atoms with E-state index in [-0.39, 0.29) is 4.90 Å². The topological polar surface area (TPSA) is 93.7 Å². The Morgan fingerprint density at radius 1 is 1.00 bits per heavy atom. The summed E-state index contributed by atoms with van der Waals surface area (Å²) in [5.74, 6) is 0.489. The highest BCUT2D eigenvalue weighted by atomic mass is 32.2. The van der Waals surface area contributed by atoms with E-state index < -0.39 is 22.0 Å². The first-order chi connectivity index (χ1) is 11.9. The van der Waals surface area contributed by atoms with Crippen LogP contribution in [0.4, 0.5) is 5.69 Å². The number of methoxy groups -OCH3 is 2. The van der Waals surface area contributed by atoms with E-state index >= 15 is 0 Å². The van der Waals surface area contributed by atoms with Gasteiger partial charge in [0.2, 0.25) is 15.9 Å². The van der Waals surface area contributed by atoms with Crippen molar-refractivity contribution in [2.24, 2.45) is 0 Å². The Balaban J connectivity index is 2.08. The van der Waals surface area contributed by atoms with E-state index in [4.69, 9.17) is 9.47 Å². The molecule has 0 bridgehead atoms. The van der Waals surface area contributed by atoms with Gasteiger partial charge in [-0.25, -0.2) is 8.42 Å². The van der Waals surface area contributed by atoms with Crippen molar-refractivity contribution >= 4 is 21.6 Å². The maximum absolute atomic E-state index is 12.3. The summed E-state index contributed by atoms with van der Waals surface area (Å²) in [6.07, 6.45) is 0. The molecule has 25 heavy (non-hydrogen) atoms. The fraction of sp³-hybridized carbons (Fsp3) is 0.235. The summed E-state index contributed by atoms with van der Waals surface area (Å²) in [4.78, 5) is 12.4. The quantitative estimate of drug-likeness (QED) is 0.784. The minimum Gasteiger partial charge on any atom is -0.493 e. The molecule has 1 unspecified atom stereocenters. The fourth-order valence-electron chi connectivity index (χ4n) is 2.12. The minimum absolute atomic E-state index is 0.0979. The molecule has 0 saturated carbocycles. The molecule has 8 heteroatoms. The van der Waals surface area contributed by atoms with Crippen molar-refractivity contribution in [3.8, 4) is 11.5 Å². The van der Waals surface area contributed by atoms with Gasteiger partial charge in [0.1, 0.15) is 0 Å². The number of rotatable bonds is 7. The third-order valence-electron chi connectivity index (χ3n) is 3.43. The number of nitrogens with one attached hydrogen (secondary N) is 2. The van der Waals surface area contributed by atoms with Crippen molar-refractivity contribution in [1.29, 1.82) is 0 Å². The number of anilines is 1. The molecule has 2 aromatic carbocycles. The number of ether oxygens (including phenoxy) is 2. The predicted molar refractivity (Wildman–Crippen MR) is 94.4 cm³/mol. The maximum atomic E-state index is 12.3. The van der Waals surface area contributed by atoms with Gasteiger partial charge >= 0.3 is 0 Å². The Kier molecular flexibility index (Phi) is 6.00. The van der Waals surface area contributed by atoms with E-state index in [1.54, 1.807) is 36.4 Å². The number of hydrogen-bond acceptors (Lipinski definition) is 5. The molecule has 0 saturated heterocycles. The number of benzene rings is 2. The van der Waals surface area contributed by atoms with Crippen LogP contribution in [0.25, 0.3) is 0 Å². The summed E-state index contributed by atoms with van der Waals surface area (Å²) >= 11 is 0. The van der Waals surface area contributed by atoms with Crippen molar-refractivity contribution in [2.45, 2.75) is 17.9 Å². The first kappa shape index (κ1) is 18.8. The van der Waals surface area contributed by atoms with Crippen LogP contribution in [-0.4, -0.2) is 34.6 Å². The Morgan fingerprint density at radius 3 is 2.24 bits per heavy atom. The van der Waals surface area contributed by atoms with Crippen molar-refractivity contribution < 1.29 is 22.7 Å². The summed E-state index contributed by atoms with van der Waals surface area (Å²) in [6, 6.07) is 11.8. The molecule has 1 atom stereocenters. The van der Waals surface area contributed by atoms with Gasteiger partial charge in [0.25, 0.3) is 0 Å². The summed E-state index contributed by atoms with van der Waals surface area (Å²) in [5, 5.41) is 2.64. The second-order valence-electron chi connectivity index (χ2n) is 5.22. The SMILES string of the molecule is COc1ccc(NC(=O)C(C)NS(=O)(=O)c2ccccc2)cc1OC. The van der Waals surface area contributed by atoms with Gasteiger partial charge in [0.15, 0.2) is 11.5 Å². The molecule has 2 aromatic rings. The third kappa shape index (κ3) is 4.71. The summed E-state index contributed by atoms with van der Waals surface area (Å²) < 4.78 is 37.2. The van der Waals surface area contributed by atoms with Crippen molar-refractivity contribution in [2.75, 3.05) is 19.5 Å². The van der Waals surface area contributed by atoms with E-state index in [0.29, 0.717) is 17.2 Å². The van der Waals surface area contributed by atoms with E-state index in [9.17, 15) is 13.2 Å². The molecule has 0 spiro atoms. The van der Waals surface area contributed by atoms with E-state index in [1.165, 1.54) is 33.3 Å². The Labute approximate surface area is 147 Å². The number of carbonyl (C=O) groups is 1. The maximum Gasteiger partial charge on any atom is 0.242 e. The number of sulfonamides is 1. The molecule has 0 heterocycles. The average molecular weight is 364 g/mol. The van der Waals surface area contributed by atoms with Gasteiger partial charge in [-0.05, 0) is 31.2 Å². The van der Waals surface area contributed by atoms with E-state index in [2.05, 4.69) is 10.0 Å². The van der Waals surface area contributed by atoms with Crippen molar-refractivity contribution in [3.63, 3.8) is 0 Å². The molecule has 2 rings (SSSR count). The largest absolute Gasteiger partial charge is 0.493 e. The molecule has 0 aliphatic heterocycles. The van der Waals surface area contributed by atoms with Crippen LogP contribution in [0.15, 0.2) is 53.4 Å². The van der Waals surface area contributed by atoms with Gasteiger partial charge in [-0.1, -0.05) is 18.2 Å². The lowest BCUT2D eigenvalue weighted by molar-refractivity contribution is -0.117. The molecule has 0 aromatic heterocycles. The Bertz CT molecular complexity index is 837. The Hall–Kier alpha value is -2.58. The molecule has 0 aliphatic rings. The van der Waals surface area contributed by atoms with E-state index in [1.807, 2.05) is 0 Å². The van der Waals surface area contributed by atoms with Crippen LogP contribution in [0, 0.1) is 0 Å². The van der Waals surface area contributed by atoms with Gasteiger partial charge in [-0.3, -0.25) is 4.79 Å². The summed E-state index contributed by atoms with van der Waals surface area (Å²) in [7, 11) is -0.779. The lowest BCUT2D eigenvalue weighted by atomic mass is 10.2. The van der Waals surface area contributed by atoms with Crippen LogP contribution in [0.1, 0.15) is 6.92 Å². The molecule has 2 N–H and O–H groups in total. The van der Waals surface area contributed by atoms with Gasteiger partial charge in [-0.2, -0.15) is 4.72 Å². The molecule has 7 nitrogen and oxygen atoms in total. The molecule has 0 radical (unpaired) electrons. The molecule has 134 valence electrons. The number of carbonyl (C=O) groups excluding carboxylic acids is 1. The molecular weight excluding hydrogens is 344 g/mol. The van der Waals surface area contributed by atoms with Crippen molar-refractivity contribution in [1.82, 2.24) is 4.72 Å². The second-order valence-corrected chi connectivity index (χ2v) is 6.93. The first-order valence-electron chi connectivity index (χ1n) is 7.47. The highest BCUT2D eigenvalue weighted by molar-refractivity contribution is 7.89. The molecular formula is C17H20N2O5S. The predicted octanol–water partition coefficient (Wildman–Crippen LogP) is 2.01. The standard InChI is InChI=1S/C17H20N2O5S/c1-12(19-25(21,22)14-7-5-4-6-8-14)17(20)18-13-9-10-15(23-2)16(11-13)24-3/h4-12,19H,1-3H3,(H,18,20). The highest BCUT2D eigenvalue weighted by Gasteiger charge is 2.22. The summed E-state index contributed by atoms with van der Waals surface area (Å²) in [6.45, 7) is 1.47. The fourth-order valence-corrected chi connectivity index (χ4v) is 3.34. The zero-order valence-electron chi connectivity index (χ0n) is 14.1. The van der Waals surface area contributed by atoms with Crippen molar-refractivity contribution in [3.05, 3.63) is 48.5 Å².